The van der Waals surface area contributed by atoms with E-state index in [0.29, 0.717) is 28.1 Å². The van der Waals surface area contributed by atoms with Crippen LogP contribution in [0.1, 0.15) is 37.8 Å². The minimum absolute atomic E-state index is 0.173. The van der Waals surface area contributed by atoms with Crippen LogP contribution in [-0.2, 0) is 0 Å². The molecule has 0 atom stereocenters. The molecule has 2 heterocycles. The lowest BCUT2D eigenvalue weighted by Crippen LogP contribution is -2.20. The van der Waals surface area contributed by atoms with E-state index in [0.717, 1.165) is 48.1 Å². The first-order chi connectivity index (χ1) is 19.7. The Balaban J connectivity index is 1.58. The summed E-state index contributed by atoms with van der Waals surface area (Å²) in [6.07, 6.45) is 2.37. The quantitative estimate of drug-likeness (QED) is 0.175. The molecule has 1 aliphatic heterocycles. The van der Waals surface area contributed by atoms with Crippen molar-refractivity contribution in [2.45, 2.75) is 51.4 Å². The average Bonchev–Trinajstić information content (AvgIpc) is 2.94. The molecular weight excluding hydrogens is 534 g/mol. The molecule has 0 amide bonds. The molecule has 3 aliphatic rings. The number of ether oxygens (including phenoxy) is 1. The van der Waals surface area contributed by atoms with Gasteiger partial charge in [-0.1, -0.05) is 19.3 Å². The molecule has 6 nitrogen and oxygen atoms in total. The predicted octanol–water partition coefficient (Wildman–Crippen LogP) is 7.85. The summed E-state index contributed by atoms with van der Waals surface area (Å²) >= 11 is 0. The van der Waals surface area contributed by atoms with E-state index in [4.69, 9.17) is 9.98 Å². The monoisotopic (exact) mass is 561 g/mol. The standard InChI is InChI=1S/C31H27F4N5O/c1-19-24(8-5-15-36-19)38-25-17-28-30(18-26(25)37-21-6-3-2-4-7-21)40(29-14-9-20(32)16-27(29)39-28)22-10-12-23(13-11-22)41-31(33,34)35/h5,8-18,21,38H,2-4,6-7H2,1H3/b37-26+. The van der Waals surface area contributed by atoms with E-state index in [-0.39, 0.29) is 11.8 Å². The van der Waals surface area contributed by atoms with E-state index in [9.17, 15) is 17.6 Å². The van der Waals surface area contributed by atoms with Gasteiger partial charge in [-0.15, -0.1) is 13.2 Å². The highest BCUT2D eigenvalue weighted by atomic mass is 19.4. The van der Waals surface area contributed by atoms with Crippen molar-refractivity contribution in [3.8, 4) is 22.8 Å². The van der Waals surface area contributed by atoms with Gasteiger partial charge >= 0.3 is 6.36 Å². The van der Waals surface area contributed by atoms with Crippen molar-refractivity contribution in [1.29, 1.82) is 0 Å². The number of aromatic nitrogens is 3. The summed E-state index contributed by atoms with van der Waals surface area (Å²) in [5.74, 6) is -0.778. The average molecular weight is 562 g/mol. The summed E-state index contributed by atoms with van der Waals surface area (Å²) in [5, 5.41) is 4.21. The summed E-state index contributed by atoms with van der Waals surface area (Å²) in [7, 11) is 0. The number of halogens is 4. The fraction of sp³-hybridized carbons (Fsp3) is 0.258. The second-order valence-corrected chi connectivity index (χ2v) is 10.2. The molecule has 1 N–H and O–H groups in total. The van der Waals surface area contributed by atoms with Gasteiger partial charge in [-0.05, 0) is 80.4 Å². The molecule has 3 aromatic rings. The van der Waals surface area contributed by atoms with Crippen molar-refractivity contribution in [3.63, 3.8) is 0 Å². The van der Waals surface area contributed by atoms with Crippen molar-refractivity contribution in [1.82, 2.24) is 14.5 Å². The lowest BCUT2D eigenvalue weighted by Gasteiger charge is -2.22. The second kappa shape index (κ2) is 10.8. The van der Waals surface area contributed by atoms with Gasteiger partial charge in [0.1, 0.15) is 11.6 Å². The molecule has 0 spiro atoms. The van der Waals surface area contributed by atoms with Crippen molar-refractivity contribution >= 4 is 22.4 Å². The maximum atomic E-state index is 14.3. The van der Waals surface area contributed by atoms with Crippen LogP contribution >= 0.6 is 0 Å². The summed E-state index contributed by atoms with van der Waals surface area (Å²) in [6.45, 7) is 1.91. The SMILES string of the molecule is Cc1ncccc1Nc1cc2nc3cc(F)ccc3n(-c3ccc(OC(F)(F)F)cc3)c-2c/c1=N\C1CCCCC1. The number of pyridine rings is 1. The minimum atomic E-state index is -4.80. The fourth-order valence-electron chi connectivity index (χ4n) is 5.32. The number of nitrogens with zero attached hydrogens (tertiary/aromatic N) is 4. The number of nitrogens with one attached hydrogen (secondary N) is 1. The number of fused-ring (bicyclic) bond motifs is 2. The Bertz CT molecular complexity index is 1740. The number of hydrogen-bond donors (Lipinski definition) is 1. The van der Waals surface area contributed by atoms with E-state index in [1.165, 1.54) is 42.8 Å². The first-order valence-corrected chi connectivity index (χ1v) is 13.5. The Hall–Kier alpha value is -4.47. The van der Waals surface area contributed by atoms with Crippen LogP contribution in [0.4, 0.5) is 28.9 Å². The third-order valence-electron chi connectivity index (χ3n) is 7.25. The van der Waals surface area contributed by atoms with Crippen molar-refractivity contribution < 1.29 is 22.3 Å². The van der Waals surface area contributed by atoms with Gasteiger partial charge in [0, 0.05) is 18.0 Å². The first kappa shape index (κ1) is 26.7. The van der Waals surface area contributed by atoms with E-state index in [1.807, 2.05) is 35.8 Å². The van der Waals surface area contributed by atoms with Crippen LogP contribution in [0.3, 0.4) is 0 Å². The van der Waals surface area contributed by atoms with E-state index < -0.39 is 12.2 Å². The van der Waals surface area contributed by atoms with Crippen molar-refractivity contribution in [2.75, 3.05) is 5.32 Å². The molecule has 6 rings (SSSR count). The van der Waals surface area contributed by atoms with Crippen LogP contribution in [0.15, 0.2) is 77.9 Å². The van der Waals surface area contributed by atoms with Crippen molar-refractivity contribution in [2.24, 2.45) is 4.99 Å². The highest BCUT2D eigenvalue weighted by Crippen LogP contribution is 2.33. The van der Waals surface area contributed by atoms with Crippen LogP contribution in [0.5, 0.6) is 5.75 Å². The van der Waals surface area contributed by atoms with Crippen LogP contribution in [-0.4, -0.2) is 26.9 Å². The number of benzene rings is 3. The van der Waals surface area contributed by atoms with E-state index in [2.05, 4.69) is 15.0 Å². The van der Waals surface area contributed by atoms with Gasteiger partial charge < -0.3 is 14.6 Å². The third-order valence-corrected chi connectivity index (χ3v) is 7.25. The summed E-state index contributed by atoms with van der Waals surface area (Å²) in [5.41, 5.74) is 5.18. The van der Waals surface area contributed by atoms with Gasteiger partial charge in [-0.2, -0.15) is 0 Å². The van der Waals surface area contributed by atoms with Crippen LogP contribution in [0, 0.1) is 12.7 Å². The smallest absolute Gasteiger partial charge is 0.406 e. The largest absolute Gasteiger partial charge is 0.573 e. The van der Waals surface area contributed by atoms with Crippen LogP contribution in [0.25, 0.3) is 28.1 Å². The maximum absolute atomic E-state index is 14.3. The zero-order chi connectivity index (χ0) is 28.6. The maximum Gasteiger partial charge on any atom is 0.573 e. The lowest BCUT2D eigenvalue weighted by atomic mass is 9.96. The molecule has 0 radical (unpaired) electrons. The Morgan fingerprint density at radius 3 is 2.46 bits per heavy atom. The highest BCUT2D eigenvalue weighted by Gasteiger charge is 2.31. The van der Waals surface area contributed by atoms with Crippen LogP contribution in [0.2, 0.25) is 0 Å². The third kappa shape index (κ3) is 5.86. The molecule has 10 heteroatoms. The number of anilines is 2. The number of hydrogen-bond acceptors (Lipinski definition) is 5. The molecule has 2 aliphatic carbocycles. The summed E-state index contributed by atoms with van der Waals surface area (Å²) in [6, 6.07) is 17.6. The Morgan fingerprint density at radius 1 is 0.951 bits per heavy atom. The summed E-state index contributed by atoms with van der Waals surface area (Å²) < 4.78 is 58.6. The van der Waals surface area contributed by atoms with Gasteiger partial charge in [-0.3, -0.25) is 9.98 Å². The highest BCUT2D eigenvalue weighted by molar-refractivity contribution is 5.84. The van der Waals surface area contributed by atoms with E-state index in [1.54, 1.807) is 12.3 Å². The minimum Gasteiger partial charge on any atom is -0.406 e. The van der Waals surface area contributed by atoms with E-state index >= 15 is 0 Å². The Kier molecular flexibility index (Phi) is 7.07. The molecule has 0 unspecified atom stereocenters. The Labute approximate surface area is 233 Å². The summed E-state index contributed by atoms with van der Waals surface area (Å²) in [4.78, 5) is 14.3. The molecule has 0 saturated heterocycles. The molecule has 41 heavy (non-hydrogen) atoms. The van der Waals surface area contributed by atoms with Crippen LogP contribution < -0.4 is 15.4 Å². The van der Waals surface area contributed by atoms with Crippen molar-refractivity contribution in [3.05, 3.63) is 89.8 Å². The van der Waals surface area contributed by atoms with Gasteiger partial charge in [0.25, 0.3) is 0 Å². The molecule has 2 aromatic carbocycles. The number of alkyl halides is 3. The molecule has 1 fully saturated rings. The predicted molar refractivity (Wildman–Crippen MR) is 149 cm³/mol. The number of rotatable bonds is 5. The molecule has 210 valence electrons. The lowest BCUT2D eigenvalue weighted by molar-refractivity contribution is -0.274. The molecular formula is C31H27F4N5O. The zero-order valence-corrected chi connectivity index (χ0v) is 22.3. The van der Waals surface area contributed by atoms with Gasteiger partial charge in [0.15, 0.2) is 0 Å². The second-order valence-electron chi connectivity index (χ2n) is 10.2. The topological polar surface area (TPSA) is 64.3 Å². The number of aryl methyl sites for hydroxylation is 1. The first-order valence-electron chi connectivity index (χ1n) is 13.5. The van der Waals surface area contributed by atoms with Gasteiger partial charge in [-0.25, -0.2) is 9.37 Å². The fourth-order valence-corrected chi connectivity index (χ4v) is 5.32. The molecule has 0 bridgehead atoms. The Morgan fingerprint density at radius 2 is 1.73 bits per heavy atom. The molecule has 1 aromatic heterocycles. The van der Waals surface area contributed by atoms with Gasteiger partial charge in [0.2, 0.25) is 0 Å². The normalized spacial score (nSPS) is 15.0. The van der Waals surface area contributed by atoms with Gasteiger partial charge in [0.05, 0.1) is 50.9 Å². The zero-order valence-electron chi connectivity index (χ0n) is 22.3. The molecule has 1 saturated carbocycles.